The first-order valence-electron chi connectivity index (χ1n) is 5.72. The van der Waals surface area contributed by atoms with Crippen LogP contribution in [0.1, 0.15) is 18.2 Å². The van der Waals surface area contributed by atoms with Gasteiger partial charge in [-0.3, -0.25) is 5.10 Å². The third kappa shape index (κ3) is 2.25. The number of aromatic amines is 1. The van der Waals surface area contributed by atoms with Crippen LogP contribution in [0.5, 0.6) is 0 Å². The number of H-pyrrole nitrogens is 1. The lowest BCUT2D eigenvalue weighted by Gasteiger charge is -2.01. The highest BCUT2D eigenvalue weighted by molar-refractivity contribution is 9.10. The monoisotopic (exact) mass is 292 g/mol. The van der Waals surface area contributed by atoms with E-state index >= 15 is 0 Å². The zero-order valence-electron chi connectivity index (χ0n) is 9.28. The number of hydrogen-bond acceptors (Lipinski definition) is 3. The van der Waals surface area contributed by atoms with Crippen molar-refractivity contribution in [2.24, 2.45) is 0 Å². The minimum atomic E-state index is 0.478. The van der Waals surface area contributed by atoms with Gasteiger partial charge in [-0.25, -0.2) is 4.98 Å². The molecule has 1 aliphatic heterocycles. The fraction of sp³-hybridized carbons (Fsp3) is 0.333. The van der Waals surface area contributed by atoms with Gasteiger partial charge in [0.05, 0.1) is 0 Å². The molecule has 0 bridgehead atoms. The lowest BCUT2D eigenvalue weighted by Crippen LogP contribution is -2.08. The van der Waals surface area contributed by atoms with Gasteiger partial charge in [-0.1, -0.05) is 28.1 Å². The molecular formula is C12H13BrN4. The van der Waals surface area contributed by atoms with Gasteiger partial charge in [0.2, 0.25) is 0 Å². The number of rotatable bonds is 2. The Hall–Kier alpha value is -1.20. The topological polar surface area (TPSA) is 53.6 Å². The van der Waals surface area contributed by atoms with E-state index in [0.29, 0.717) is 5.92 Å². The zero-order valence-corrected chi connectivity index (χ0v) is 10.9. The Kier molecular flexibility index (Phi) is 2.94. The molecule has 0 radical (unpaired) electrons. The van der Waals surface area contributed by atoms with Crippen LogP contribution in [0.3, 0.4) is 0 Å². The Morgan fingerprint density at radius 3 is 2.76 bits per heavy atom. The fourth-order valence-electron chi connectivity index (χ4n) is 2.07. The second kappa shape index (κ2) is 4.58. The highest BCUT2D eigenvalue weighted by Gasteiger charge is 2.20. The molecule has 1 atom stereocenters. The SMILES string of the molecule is Brc1ccc(-c2n[nH]c(C3CCNC3)n2)cc1. The summed E-state index contributed by atoms with van der Waals surface area (Å²) in [5.74, 6) is 2.25. The number of hydrogen-bond donors (Lipinski definition) is 2. The van der Waals surface area contributed by atoms with Crippen molar-refractivity contribution in [3.63, 3.8) is 0 Å². The molecule has 0 saturated carbocycles. The van der Waals surface area contributed by atoms with Crippen molar-refractivity contribution >= 4 is 15.9 Å². The molecule has 0 aliphatic carbocycles. The third-order valence-corrected chi connectivity index (χ3v) is 3.58. The maximum absolute atomic E-state index is 4.57. The molecule has 1 aromatic heterocycles. The number of nitrogens with zero attached hydrogens (tertiary/aromatic N) is 2. The summed E-state index contributed by atoms with van der Waals surface area (Å²) in [6.07, 6.45) is 1.13. The molecule has 1 fully saturated rings. The smallest absolute Gasteiger partial charge is 0.181 e. The average Bonchev–Trinajstić information content (AvgIpc) is 3.00. The van der Waals surface area contributed by atoms with Crippen LogP contribution in [0.15, 0.2) is 28.7 Å². The molecular weight excluding hydrogens is 280 g/mol. The fourth-order valence-corrected chi connectivity index (χ4v) is 2.34. The summed E-state index contributed by atoms with van der Waals surface area (Å²) < 4.78 is 1.07. The van der Waals surface area contributed by atoms with Gasteiger partial charge < -0.3 is 5.32 Å². The Labute approximate surface area is 108 Å². The first-order valence-corrected chi connectivity index (χ1v) is 6.51. The quantitative estimate of drug-likeness (QED) is 0.893. The molecule has 1 aromatic carbocycles. The van der Waals surface area contributed by atoms with Crippen molar-refractivity contribution in [2.75, 3.05) is 13.1 Å². The summed E-state index contributed by atoms with van der Waals surface area (Å²) in [6, 6.07) is 8.04. The van der Waals surface area contributed by atoms with Crippen LogP contribution in [0.4, 0.5) is 0 Å². The highest BCUT2D eigenvalue weighted by atomic mass is 79.9. The van der Waals surface area contributed by atoms with Crippen molar-refractivity contribution in [1.82, 2.24) is 20.5 Å². The molecule has 2 aromatic rings. The largest absolute Gasteiger partial charge is 0.316 e. The van der Waals surface area contributed by atoms with E-state index in [-0.39, 0.29) is 0 Å². The van der Waals surface area contributed by atoms with Gasteiger partial charge in [-0.15, -0.1) is 0 Å². The molecule has 0 spiro atoms. The highest BCUT2D eigenvalue weighted by Crippen LogP contribution is 2.22. The molecule has 2 heterocycles. The van der Waals surface area contributed by atoms with Crippen LogP contribution in [0.2, 0.25) is 0 Å². The predicted octanol–water partition coefficient (Wildman–Crippen LogP) is 2.31. The predicted molar refractivity (Wildman–Crippen MR) is 69.7 cm³/mol. The molecule has 1 unspecified atom stereocenters. The number of halogens is 1. The third-order valence-electron chi connectivity index (χ3n) is 3.05. The molecule has 88 valence electrons. The van der Waals surface area contributed by atoms with Gasteiger partial charge in [0.15, 0.2) is 5.82 Å². The van der Waals surface area contributed by atoms with Crippen LogP contribution in [-0.4, -0.2) is 28.3 Å². The number of benzene rings is 1. The molecule has 2 N–H and O–H groups in total. The number of aromatic nitrogens is 3. The van der Waals surface area contributed by atoms with Gasteiger partial charge in [-0.05, 0) is 25.1 Å². The molecule has 1 saturated heterocycles. The maximum Gasteiger partial charge on any atom is 0.181 e. The Balaban J connectivity index is 1.86. The molecule has 3 rings (SSSR count). The Morgan fingerprint density at radius 2 is 2.06 bits per heavy atom. The molecule has 1 aliphatic rings. The summed E-state index contributed by atoms with van der Waals surface area (Å²) in [6.45, 7) is 2.06. The van der Waals surface area contributed by atoms with Gasteiger partial charge in [0, 0.05) is 22.5 Å². The van der Waals surface area contributed by atoms with Crippen molar-refractivity contribution in [3.8, 4) is 11.4 Å². The van der Waals surface area contributed by atoms with Crippen LogP contribution in [0.25, 0.3) is 11.4 Å². The second-order valence-electron chi connectivity index (χ2n) is 4.24. The van der Waals surface area contributed by atoms with Crippen molar-refractivity contribution in [1.29, 1.82) is 0 Å². The first kappa shape index (κ1) is 10.9. The van der Waals surface area contributed by atoms with Crippen LogP contribution in [0, 0.1) is 0 Å². The van der Waals surface area contributed by atoms with E-state index in [1.165, 1.54) is 0 Å². The number of nitrogens with one attached hydrogen (secondary N) is 2. The van der Waals surface area contributed by atoms with Crippen molar-refractivity contribution in [3.05, 3.63) is 34.6 Å². The minimum Gasteiger partial charge on any atom is -0.316 e. The molecule has 17 heavy (non-hydrogen) atoms. The summed E-state index contributed by atoms with van der Waals surface area (Å²) in [4.78, 5) is 4.57. The summed E-state index contributed by atoms with van der Waals surface area (Å²) in [7, 11) is 0. The standard InChI is InChI=1S/C12H13BrN4/c13-10-3-1-8(2-4-10)11-15-12(17-16-11)9-5-6-14-7-9/h1-4,9,14H,5-7H2,(H,15,16,17). The summed E-state index contributed by atoms with van der Waals surface area (Å²) in [5.41, 5.74) is 1.04. The minimum absolute atomic E-state index is 0.478. The van der Waals surface area contributed by atoms with E-state index in [4.69, 9.17) is 0 Å². The second-order valence-corrected chi connectivity index (χ2v) is 5.16. The van der Waals surface area contributed by atoms with E-state index in [0.717, 1.165) is 41.2 Å². The van der Waals surface area contributed by atoms with Gasteiger partial charge in [0.25, 0.3) is 0 Å². The van der Waals surface area contributed by atoms with Crippen LogP contribution >= 0.6 is 15.9 Å². The maximum atomic E-state index is 4.57. The van der Waals surface area contributed by atoms with Gasteiger partial charge >= 0.3 is 0 Å². The van der Waals surface area contributed by atoms with E-state index in [1.807, 2.05) is 24.3 Å². The van der Waals surface area contributed by atoms with Crippen LogP contribution < -0.4 is 5.32 Å². The molecule has 4 nitrogen and oxygen atoms in total. The van der Waals surface area contributed by atoms with E-state index < -0.39 is 0 Å². The molecule has 5 heteroatoms. The van der Waals surface area contributed by atoms with Crippen molar-refractivity contribution < 1.29 is 0 Å². The van der Waals surface area contributed by atoms with Gasteiger partial charge in [0.1, 0.15) is 5.82 Å². The lowest BCUT2D eigenvalue weighted by atomic mass is 10.1. The first-order chi connectivity index (χ1) is 8.33. The summed E-state index contributed by atoms with van der Waals surface area (Å²) >= 11 is 3.42. The Morgan fingerprint density at radius 1 is 1.24 bits per heavy atom. The van der Waals surface area contributed by atoms with E-state index in [2.05, 4.69) is 36.4 Å². The van der Waals surface area contributed by atoms with Gasteiger partial charge in [-0.2, -0.15) is 5.10 Å². The van der Waals surface area contributed by atoms with Crippen molar-refractivity contribution in [2.45, 2.75) is 12.3 Å². The molecule has 0 amide bonds. The van der Waals surface area contributed by atoms with Crippen LogP contribution in [-0.2, 0) is 0 Å². The zero-order chi connectivity index (χ0) is 11.7. The average molecular weight is 293 g/mol. The lowest BCUT2D eigenvalue weighted by molar-refractivity contribution is 0.706. The Bertz CT molecular complexity index is 499. The summed E-state index contributed by atoms with van der Waals surface area (Å²) in [5, 5.41) is 10.7. The van der Waals surface area contributed by atoms with E-state index in [1.54, 1.807) is 0 Å². The normalized spacial score (nSPS) is 19.7. The van der Waals surface area contributed by atoms with E-state index in [9.17, 15) is 0 Å².